The Kier molecular flexibility index (Phi) is 5.68. The number of anilines is 1. The van der Waals surface area contributed by atoms with E-state index in [0.717, 1.165) is 32.2 Å². The van der Waals surface area contributed by atoms with Crippen LogP contribution in [0.4, 0.5) is 5.69 Å². The number of hydrogen-bond acceptors (Lipinski definition) is 4. The first-order valence-electron chi connectivity index (χ1n) is 8.72. The molecule has 1 aromatic carbocycles. The minimum atomic E-state index is -3.62. The first-order valence-corrected chi connectivity index (χ1v) is 10.5. The third kappa shape index (κ3) is 4.16. The third-order valence-corrected chi connectivity index (χ3v) is 7.26. The Hall–Kier alpha value is -1.15. The van der Waals surface area contributed by atoms with Crippen molar-refractivity contribution in [3.05, 3.63) is 23.2 Å². The van der Waals surface area contributed by atoms with E-state index in [1.807, 2.05) is 0 Å². The molecule has 1 aromatic rings. The second kappa shape index (κ2) is 7.61. The lowest BCUT2D eigenvalue weighted by molar-refractivity contribution is -0.120. The number of nitrogens with zero attached hydrogens (tertiary/aromatic N) is 1. The molecule has 1 amide bonds. The average Bonchev–Trinajstić information content (AvgIpc) is 3.12. The Morgan fingerprint density at radius 3 is 2.72 bits per heavy atom. The third-order valence-electron chi connectivity index (χ3n) is 4.88. The van der Waals surface area contributed by atoms with Crippen LogP contribution in [0.3, 0.4) is 0 Å². The molecule has 2 saturated heterocycles. The van der Waals surface area contributed by atoms with Crippen LogP contribution in [0.2, 0.25) is 5.02 Å². The van der Waals surface area contributed by atoms with Crippen LogP contribution in [0.1, 0.15) is 32.6 Å². The van der Waals surface area contributed by atoms with Crippen molar-refractivity contribution in [1.29, 1.82) is 0 Å². The molecule has 0 aliphatic carbocycles. The fourth-order valence-electron chi connectivity index (χ4n) is 3.46. The van der Waals surface area contributed by atoms with Gasteiger partial charge in [-0.15, -0.1) is 0 Å². The summed E-state index contributed by atoms with van der Waals surface area (Å²) in [5, 5.41) is 6.35. The predicted octanol–water partition coefficient (Wildman–Crippen LogP) is 2.45. The van der Waals surface area contributed by atoms with Gasteiger partial charge in [-0.25, -0.2) is 8.42 Å². The maximum Gasteiger partial charge on any atom is 0.244 e. The Morgan fingerprint density at radius 1 is 1.32 bits per heavy atom. The van der Waals surface area contributed by atoms with Crippen LogP contribution in [0.25, 0.3) is 0 Å². The van der Waals surface area contributed by atoms with Crippen molar-refractivity contribution >= 4 is 33.2 Å². The first kappa shape index (κ1) is 18.6. The van der Waals surface area contributed by atoms with Crippen LogP contribution < -0.4 is 10.6 Å². The maximum atomic E-state index is 12.8. The van der Waals surface area contributed by atoms with Crippen LogP contribution in [0.5, 0.6) is 0 Å². The molecule has 3 rings (SSSR count). The van der Waals surface area contributed by atoms with Gasteiger partial charge < -0.3 is 10.6 Å². The van der Waals surface area contributed by atoms with Crippen molar-refractivity contribution in [3.8, 4) is 0 Å². The van der Waals surface area contributed by atoms with Gasteiger partial charge >= 0.3 is 0 Å². The van der Waals surface area contributed by atoms with Crippen molar-refractivity contribution in [2.24, 2.45) is 5.92 Å². The summed E-state index contributed by atoms with van der Waals surface area (Å²) >= 11 is 6.14. The lowest BCUT2D eigenvalue weighted by Crippen LogP contribution is -2.40. The number of hydrogen-bond donors (Lipinski definition) is 2. The summed E-state index contributed by atoms with van der Waals surface area (Å²) in [4.78, 5) is 12.5. The fourth-order valence-corrected chi connectivity index (χ4v) is 5.48. The van der Waals surface area contributed by atoms with Crippen molar-refractivity contribution in [2.45, 2.75) is 43.5 Å². The Balaban J connectivity index is 1.78. The number of nitrogens with one attached hydrogen (secondary N) is 2. The molecule has 6 nitrogen and oxygen atoms in total. The highest BCUT2D eigenvalue weighted by molar-refractivity contribution is 7.89. The highest BCUT2D eigenvalue weighted by atomic mass is 35.5. The molecule has 0 bridgehead atoms. The summed E-state index contributed by atoms with van der Waals surface area (Å²) in [5.74, 6) is -0.134. The predicted molar refractivity (Wildman–Crippen MR) is 98.3 cm³/mol. The molecular weight excluding hydrogens is 362 g/mol. The molecule has 25 heavy (non-hydrogen) atoms. The van der Waals surface area contributed by atoms with Gasteiger partial charge in [-0.05, 0) is 57.4 Å². The minimum Gasteiger partial charge on any atom is -0.326 e. The van der Waals surface area contributed by atoms with Gasteiger partial charge in [-0.1, -0.05) is 11.6 Å². The molecule has 0 radical (unpaired) electrons. The van der Waals surface area contributed by atoms with Gasteiger partial charge in [0.25, 0.3) is 0 Å². The smallest absolute Gasteiger partial charge is 0.244 e. The summed E-state index contributed by atoms with van der Waals surface area (Å²) in [6, 6.07) is 4.96. The second-order valence-electron chi connectivity index (χ2n) is 6.82. The second-order valence-corrected chi connectivity index (χ2v) is 9.14. The highest BCUT2D eigenvalue weighted by Gasteiger charge is 2.30. The van der Waals surface area contributed by atoms with Gasteiger partial charge in [-0.3, -0.25) is 4.79 Å². The van der Waals surface area contributed by atoms with Crippen LogP contribution in [0.15, 0.2) is 23.1 Å². The maximum absolute atomic E-state index is 12.8. The van der Waals surface area contributed by atoms with Gasteiger partial charge in [0.05, 0.1) is 5.02 Å². The zero-order valence-electron chi connectivity index (χ0n) is 14.3. The lowest BCUT2D eigenvalue weighted by atomic mass is 9.92. The number of halogens is 1. The molecule has 2 aliphatic rings. The number of sulfonamides is 1. The number of rotatable bonds is 4. The van der Waals surface area contributed by atoms with Crippen molar-refractivity contribution in [1.82, 2.24) is 9.62 Å². The van der Waals surface area contributed by atoms with E-state index in [-0.39, 0.29) is 21.7 Å². The Morgan fingerprint density at radius 2 is 2.04 bits per heavy atom. The zero-order chi connectivity index (χ0) is 18.0. The molecule has 2 fully saturated rings. The molecule has 2 atom stereocenters. The van der Waals surface area contributed by atoms with E-state index < -0.39 is 10.0 Å². The van der Waals surface area contributed by atoms with Gasteiger partial charge in [0.1, 0.15) is 4.90 Å². The molecule has 2 heterocycles. The van der Waals surface area contributed by atoms with E-state index in [1.165, 1.54) is 16.4 Å². The number of piperidine rings is 1. The monoisotopic (exact) mass is 385 g/mol. The SMILES string of the molecule is C[C@H]1C[C@@H](C(=O)Nc2ccc(Cl)c(S(=O)(=O)N3CCCC3)c2)CCN1. The van der Waals surface area contributed by atoms with E-state index in [4.69, 9.17) is 11.6 Å². The fraction of sp³-hybridized carbons (Fsp3) is 0.588. The topological polar surface area (TPSA) is 78.5 Å². The van der Waals surface area contributed by atoms with Crippen LogP contribution in [-0.2, 0) is 14.8 Å². The quantitative estimate of drug-likeness (QED) is 0.834. The molecule has 0 unspecified atom stereocenters. The number of carbonyl (C=O) groups excluding carboxylic acids is 1. The van der Waals surface area contributed by atoms with Crippen LogP contribution in [0, 0.1) is 5.92 Å². The Labute approximate surface area is 154 Å². The summed E-state index contributed by atoms with van der Waals surface area (Å²) < 4.78 is 27.0. The van der Waals surface area contributed by atoms with Gasteiger partial charge in [0, 0.05) is 30.7 Å². The van der Waals surface area contributed by atoms with E-state index in [1.54, 1.807) is 6.07 Å². The summed E-state index contributed by atoms with van der Waals surface area (Å²) in [6.07, 6.45) is 3.28. The van der Waals surface area contributed by atoms with Gasteiger partial charge in [0.15, 0.2) is 0 Å². The number of amides is 1. The average molecular weight is 386 g/mol. The zero-order valence-corrected chi connectivity index (χ0v) is 15.9. The summed E-state index contributed by atoms with van der Waals surface area (Å²) in [7, 11) is -3.62. The first-order chi connectivity index (χ1) is 11.9. The summed E-state index contributed by atoms with van der Waals surface area (Å²) in [5.41, 5.74) is 0.471. The van der Waals surface area contributed by atoms with Gasteiger partial charge in [-0.2, -0.15) is 4.31 Å². The van der Waals surface area contributed by atoms with Crippen LogP contribution in [-0.4, -0.2) is 44.3 Å². The minimum absolute atomic E-state index is 0.0625. The molecule has 0 spiro atoms. The van der Waals surface area contributed by atoms with Crippen molar-refractivity contribution in [2.75, 3.05) is 25.0 Å². The highest BCUT2D eigenvalue weighted by Crippen LogP contribution is 2.30. The molecule has 2 aliphatic heterocycles. The lowest BCUT2D eigenvalue weighted by Gasteiger charge is -2.27. The largest absolute Gasteiger partial charge is 0.326 e. The van der Waals surface area contributed by atoms with Crippen molar-refractivity contribution < 1.29 is 13.2 Å². The summed E-state index contributed by atoms with van der Waals surface area (Å²) in [6.45, 7) is 3.90. The van der Waals surface area contributed by atoms with E-state index in [0.29, 0.717) is 24.8 Å². The molecular formula is C17H24ClN3O3S. The number of benzene rings is 1. The molecule has 0 aromatic heterocycles. The van der Waals surface area contributed by atoms with Crippen molar-refractivity contribution in [3.63, 3.8) is 0 Å². The number of carbonyl (C=O) groups is 1. The van der Waals surface area contributed by atoms with E-state index in [2.05, 4.69) is 17.6 Å². The molecule has 8 heteroatoms. The van der Waals surface area contributed by atoms with Gasteiger partial charge in [0.2, 0.25) is 15.9 Å². The molecule has 0 saturated carbocycles. The van der Waals surface area contributed by atoms with Crippen LogP contribution >= 0.6 is 11.6 Å². The Bertz CT molecular complexity index is 748. The molecule has 2 N–H and O–H groups in total. The standard InChI is InChI=1S/C17H24ClN3O3S/c1-12-10-13(6-7-19-12)17(22)20-14-4-5-15(18)16(11-14)25(23,24)21-8-2-3-9-21/h4-5,11-13,19H,2-3,6-10H2,1H3,(H,20,22)/t12-,13-/m0/s1. The molecule has 138 valence electrons. The van der Waals surface area contributed by atoms with E-state index >= 15 is 0 Å². The van der Waals surface area contributed by atoms with E-state index in [9.17, 15) is 13.2 Å². The normalized spacial score (nSPS) is 25.0.